The molecule has 2 fully saturated rings. The van der Waals surface area contributed by atoms with Crippen LogP contribution in [-0.4, -0.2) is 62.8 Å². The first-order valence-corrected chi connectivity index (χ1v) is 13.1. The Bertz CT molecular complexity index is 1070. The van der Waals surface area contributed by atoms with E-state index in [1.54, 1.807) is 11.0 Å². The first-order valence-electron chi connectivity index (χ1n) is 11.3. The second kappa shape index (κ2) is 9.81. The number of carbonyl (C=O) groups excluding carboxylic acids is 1. The van der Waals surface area contributed by atoms with E-state index in [-0.39, 0.29) is 15.8 Å². The van der Waals surface area contributed by atoms with Crippen LogP contribution in [0.5, 0.6) is 0 Å². The number of benzene rings is 2. The summed E-state index contributed by atoms with van der Waals surface area (Å²) in [4.78, 5) is 17.3. The van der Waals surface area contributed by atoms with Crippen molar-refractivity contribution in [1.82, 2.24) is 9.21 Å². The molecule has 0 radical (unpaired) electrons. The highest BCUT2D eigenvalue weighted by atomic mass is 35.5. The molecule has 8 heteroatoms. The Morgan fingerprint density at radius 2 is 1.56 bits per heavy atom. The molecule has 0 N–H and O–H groups in total. The fourth-order valence-electron chi connectivity index (χ4n) is 4.43. The largest absolute Gasteiger partial charge is 0.368 e. The molecule has 6 nitrogen and oxygen atoms in total. The number of hydrogen-bond donors (Lipinski definition) is 0. The van der Waals surface area contributed by atoms with Crippen molar-refractivity contribution < 1.29 is 13.2 Å². The lowest BCUT2D eigenvalue weighted by Gasteiger charge is -2.36. The van der Waals surface area contributed by atoms with Crippen molar-refractivity contribution in [3.8, 4) is 0 Å². The van der Waals surface area contributed by atoms with Crippen LogP contribution in [-0.2, 0) is 10.0 Å². The number of carbonyl (C=O) groups is 1. The number of halogens is 1. The zero-order valence-electron chi connectivity index (χ0n) is 18.5. The number of hydrogen-bond acceptors (Lipinski definition) is 4. The van der Waals surface area contributed by atoms with Crippen molar-refractivity contribution in [1.29, 1.82) is 0 Å². The predicted molar refractivity (Wildman–Crippen MR) is 128 cm³/mol. The second-order valence-corrected chi connectivity index (χ2v) is 10.9. The SMILES string of the molecule is Cc1cccc(N2CCN(C(=O)c3ccc(Cl)c(S(=O)(=O)N4CCCCCC4)c3)CC2)c1. The summed E-state index contributed by atoms with van der Waals surface area (Å²) in [6.07, 6.45) is 3.76. The second-order valence-electron chi connectivity index (χ2n) is 8.58. The van der Waals surface area contributed by atoms with Gasteiger partial charge < -0.3 is 9.80 Å². The molecule has 2 aliphatic heterocycles. The lowest BCUT2D eigenvalue weighted by atomic mass is 10.1. The third-order valence-electron chi connectivity index (χ3n) is 6.29. The Kier molecular flexibility index (Phi) is 7.08. The molecule has 0 unspecified atom stereocenters. The van der Waals surface area contributed by atoms with Crippen LogP contribution in [0.4, 0.5) is 5.69 Å². The molecule has 0 saturated carbocycles. The van der Waals surface area contributed by atoms with Gasteiger partial charge in [0.2, 0.25) is 10.0 Å². The third kappa shape index (κ3) is 4.95. The molecular formula is C24H30ClN3O3S. The lowest BCUT2D eigenvalue weighted by Crippen LogP contribution is -2.48. The minimum atomic E-state index is -3.73. The van der Waals surface area contributed by atoms with Crippen molar-refractivity contribution in [2.24, 2.45) is 0 Å². The van der Waals surface area contributed by atoms with Crippen LogP contribution in [0.3, 0.4) is 0 Å². The Balaban J connectivity index is 1.49. The number of nitrogens with zero attached hydrogens (tertiary/aromatic N) is 3. The highest BCUT2D eigenvalue weighted by Crippen LogP contribution is 2.28. The molecule has 0 spiro atoms. The maximum atomic E-state index is 13.2. The quantitative estimate of drug-likeness (QED) is 0.665. The Labute approximate surface area is 195 Å². The topological polar surface area (TPSA) is 60.9 Å². The number of amides is 1. The van der Waals surface area contributed by atoms with Crippen LogP contribution in [0.1, 0.15) is 41.6 Å². The molecule has 172 valence electrons. The maximum absolute atomic E-state index is 13.2. The van der Waals surface area contributed by atoms with Crippen LogP contribution in [0.2, 0.25) is 5.02 Å². The molecule has 0 bridgehead atoms. The van der Waals surface area contributed by atoms with E-state index < -0.39 is 10.0 Å². The molecule has 0 aliphatic carbocycles. The zero-order valence-corrected chi connectivity index (χ0v) is 20.0. The highest BCUT2D eigenvalue weighted by molar-refractivity contribution is 7.89. The molecule has 2 aromatic carbocycles. The maximum Gasteiger partial charge on any atom is 0.254 e. The molecular weight excluding hydrogens is 446 g/mol. The Hall–Kier alpha value is -2.09. The standard InChI is InChI=1S/C24H30ClN3O3S/c1-19-7-6-8-21(17-19)26-13-15-27(16-14-26)24(29)20-9-10-22(25)23(18-20)32(30,31)28-11-4-2-3-5-12-28/h6-10,17-18H,2-5,11-16H2,1H3. The molecule has 2 aliphatic rings. The van der Waals surface area contributed by atoms with Crippen molar-refractivity contribution in [2.75, 3.05) is 44.2 Å². The average Bonchev–Trinajstić information content (AvgIpc) is 3.09. The molecule has 4 rings (SSSR count). The smallest absolute Gasteiger partial charge is 0.254 e. The van der Waals surface area contributed by atoms with E-state index in [9.17, 15) is 13.2 Å². The van der Waals surface area contributed by atoms with Gasteiger partial charge in [0.25, 0.3) is 5.91 Å². The minimum absolute atomic E-state index is 0.0327. The van der Waals surface area contributed by atoms with Crippen LogP contribution in [0, 0.1) is 6.92 Å². The van der Waals surface area contributed by atoms with E-state index in [0.717, 1.165) is 44.5 Å². The molecule has 0 aromatic heterocycles. The molecule has 2 aromatic rings. The summed E-state index contributed by atoms with van der Waals surface area (Å²) < 4.78 is 28.0. The molecule has 2 saturated heterocycles. The summed E-state index contributed by atoms with van der Waals surface area (Å²) in [6.45, 7) is 5.72. The Morgan fingerprint density at radius 1 is 0.875 bits per heavy atom. The summed E-state index contributed by atoms with van der Waals surface area (Å²) in [5, 5.41) is 0.162. The minimum Gasteiger partial charge on any atom is -0.368 e. The monoisotopic (exact) mass is 475 g/mol. The van der Waals surface area contributed by atoms with Gasteiger partial charge in [-0.15, -0.1) is 0 Å². The number of rotatable bonds is 4. The number of piperazine rings is 1. The summed E-state index contributed by atoms with van der Waals surface area (Å²) in [5.74, 6) is -0.155. The first-order chi connectivity index (χ1) is 15.4. The van der Waals surface area contributed by atoms with Gasteiger partial charge >= 0.3 is 0 Å². The average molecular weight is 476 g/mol. The summed E-state index contributed by atoms with van der Waals surface area (Å²) in [7, 11) is -3.73. The van der Waals surface area contributed by atoms with Gasteiger partial charge in [-0.2, -0.15) is 4.31 Å². The van der Waals surface area contributed by atoms with E-state index in [4.69, 9.17) is 11.6 Å². The normalized spacial score (nSPS) is 18.4. The van der Waals surface area contributed by atoms with E-state index in [1.165, 1.54) is 22.0 Å². The van der Waals surface area contributed by atoms with Gasteiger partial charge in [0.15, 0.2) is 0 Å². The summed E-state index contributed by atoms with van der Waals surface area (Å²) >= 11 is 6.29. The van der Waals surface area contributed by atoms with Crippen molar-refractivity contribution in [3.63, 3.8) is 0 Å². The van der Waals surface area contributed by atoms with Crippen LogP contribution >= 0.6 is 11.6 Å². The fourth-order valence-corrected chi connectivity index (χ4v) is 6.45. The number of sulfonamides is 1. The van der Waals surface area contributed by atoms with Gasteiger partial charge in [-0.3, -0.25) is 4.79 Å². The van der Waals surface area contributed by atoms with Gasteiger partial charge in [-0.25, -0.2) is 8.42 Å². The van der Waals surface area contributed by atoms with Crippen LogP contribution in [0.15, 0.2) is 47.4 Å². The lowest BCUT2D eigenvalue weighted by molar-refractivity contribution is 0.0746. The van der Waals surface area contributed by atoms with Crippen molar-refractivity contribution in [3.05, 3.63) is 58.6 Å². The third-order valence-corrected chi connectivity index (χ3v) is 8.67. The summed E-state index contributed by atoms with van der Waals surface area (Å²) in [5.41, 5.74) is 2.74. The number of anilines is 1. The fraction of sp³-hybridized carbons (Fsp3) is 0.458. The zero-order chi connectivity index (χ0) is 22.7. The van der Waals surface area contributed by atoms with Gasteiger partial charge in [0, 0.05) is 50.5 Å². The van der Waals surface area contributed by atoms with Gasteiger partial charge in [-0.1, -0.05) is 36.6 Å². The predicted octanol–water partition coefficient (Wildman–Crippen LogP) is 4.18. The van der Waals surface area contributed by atoms with Gasteiger partial charge in [0.1, 0.15) is 4.90 Å². The van der Waals surface area contributed by atoms with E-state index in [2.05, 4.69) is 30.0 Å². The van der Waals surface area contributed by atoms with Crippen molar-refractivity contribution >= 4 is 33.2 Å². The van der Waals surface area contributed by atoms with Crippen molar-refractivity contribution in [2.45, 2.75) is 37.5 Å². The van der Waals surface area contributed by atoms with Gasteiger partial charge in [0.05, 0.1) is 5.02 Å². The van der Waals surface area contributed by atoms with Crippen LogP contribution < -0.4 is 4.90 Å². The highest BCUT2D eigenvalue weighted by Gasteiger charge is 2.29. The number of aryl methyl sites for hydroxylation is 1. The summed E-state index contributed by atoms with van der Waals surface area (Å²) in [6, 6.07) is 13.0. The Morgan fingerprint density at radius 3 is 2.22 bits per heavy atom. The van der Waals surface area contributed by atoms with E-state index in [1.807, 2.05) is 6.07 Å². The first kappa shape index (κ1) is 23.1. The van der Waals surface area contributed by atoms with Crippen LogP contribution in [0.25, 0.3) is 0 Å². The molecule has 2 heterocycles. The molecule has 32 heavy (non-hydrogen) atoms. The molecule has 0 atom stereocenters. The van der Waals surface area contributed by atoms with E-state index >= 15 is 0 Å². The van der Waals surface area contributed by atoms with E-state index in [0.29, 0.717) is 31.7 Å². The van der Waals surface area contributed by atoms with Gasteiger partial charge in [-0.05, 0) is 55.7 Å². The molecule has 1 amide bonds.